The first-order valence-corrected chi connectivity index (χ1v) is 6.10. The van der Waals surface area contributed by atoms with Gasteiger partial charge in [-0.25, -0.2) is 10.8 Å². The molecule has 3 rings (SSSR count). The average molecular weight is 267 g/mol. The molecule has 0 unspecified atom stereocenters. The van der Waals surface area contributed by atoms with Gasteiger partial charge in [0.25, 0.3) is 5.89 Å². The number of nitrogens with zero attached hydrogens (tertiary/aromatic N) is 3. The number of nitrogens with two attached hydrogens (primary N) is 1. The quantitative estimate of drug-likeness (QED) is 0.559. The van der Waals surface area contributed by atoms with Crippen LogP contribution >= 0.6 is 0 Å². The summed E-state index contributed by atoms with van der Waals surface area (Å²) in [4.78, 5) is 8.41. The molecule has 3 N–H and O–H groups in total. The summed E-state index contributed by atoms with van der Waals surface area (Å²) in [5.74, 6) is 6.85. The molecule has 0 radical (unpaired) electrons. The zero-order valence-electron chi connectivity index (χ0n) is 10.9. The summed E-state index contributed by atoms with van der Waals surface area (Å²) in [5.41, 5.74) is 5.34. The molecule has 0 amide bonds. The lowest BCUT2D eigenvalue weighted by molar-refractivity contribution is 0.432. The van der Waals surface area contributed by atoms with Crippen molar-refractivity contribution in [1.29, 1.82) is 0 Å². The predicted octanol–water partition coefficient (Wildman–Crippen LogP) is 2.39. The van der Waals surface area contributed by atoms with Gasteiger partial charge in [0.1, 0.15) is 5.82 Å². The minimum Gasteiger partial charge on any atom is -0.334 e. The van der Waals surface area contributed by atoms with Crippen molar-refractivity contribution in [3.8, 4) is 22.8 Å². The van der Waals surface area contributed by atoms with E-state index in [1.54, 1.807) is 18.3 Å². The van der Waals surface area contributed by atoms with Crippen molar-refractivity contribution in [1.82, 2.24) is 15.1 Å². The first kappa shape index (κ1) is 12.3. The number of rotatable bonds is 3. The maximum absolute atomic E-state index is 5.33. The summed E-state index contributed by atoms with van der Waals surface area (Å²) in [5, 5.41) is 3.99. The van der Waals surface area contributed by atoms with Gasteiger partial charge < -0.3 is 9.95 Å². The molecule has 2 heterocycles. The van der Waals surface area contributed by atoms with E-state index in [2.05, 4.69) is 20.6 Å². The fraction of sp³-hybridized carbons (Fsp3) is 0.0714. The molecule has 6 heteroatoms. The molecule has 100 valence electrons. The van der Waals surface area contributed by atoms with Gasteiger partial charge in [-0.15, -0.1) is 0 Å². The van der Waals surface area contributed by atoms with Crippen LogP contribution < -0.4 is 11.3 Å². The van der Waals surface area contributed by atoms with E-state index in [9.17, 15) is 0 Å². The largest absolute Gasteiger partial charge is 0.334 e. The van der Waals surface area contributed by atoms with E-state index in [1.807, 2.05) is 31.2 Å². The number of hydrazine groups is 1. The van der Waals surface area contributed by atoms with Crippen molar-refractivity contribution in [2.75, 3.05) is 5.43 Å². The van der Waals surface area contributed by atoms with Gasteiger partial charge in [0, 0.05) is 17.3 Å². The number of hydrogen-bond donors (Lipinski definition) is 2. The zero-order valence-corrected chi connectivity index (χ0v) is 10.9. The van der Waals surface area contributed by atoms with Crippen LogP contribution in [0.2, 0.25) is 0 Å². The van der Waals surface area contributed by atoms with Crippen molar-refractivity contribution >= 4 is 5.82 Å². The Bertz CT molecular complexity index is 720. The van der Waals surface area contributed by atoms with Gasteiger partial charge in [-0.05, 0) is 19.1 Å². The molecule has 0 aliphatic carbocycles. The lowest BCUT2D eigenvalue weighted by Crippen LogP contribution is -2.08. The Labute approximate surface area is 115 Å². The Balaban J connectivity index is 1.95. The first-order chi connectivity index (χ1) is 9.76. The van der Waals surface area contributed by atoms with Gasteiger partial charge in [-0.3, -0.25) is 0 Å². The van der Waals surface area contributed by atoms with Crippen molar-refractivity contribution in [3.63, 3.8) is 0 Å². The van der Waals surface area contributed by atoms with Crippen molar-refractivity contribution in [2.24, 2.45) is 5.84 Å². The van der Waals surface area contributed by atoms with Crippen LogP contribution in [0.4, 0.5) is 5.82 Å². The summed E-state index contributed by atoms with van der Waals surface area (Å²) < 4.78 is 5.28. The van der Waals surface area contributed by atoms with Gasteiger partial charge in [-0.1, -0.05) is 35.0 Å². The summed E-state index contributed by atoms with van der Waals surface area (Å²) >= 11 is 0. The second-order valence-corrected chi connectivity index (χ2v) is 4.36. The molecule has 0 bridgehead atoms. The maximum Gasteiger partial charge on any atom is 0.258 e. The zero-order chi connectivity index (χ0) is 13.9. The molecule has 0 saturated carbocycles. The number of hydrogen-bond acceptors (Lipinski definition) is 6. The number of benzene rings is 1. The smallest absolute Gasteiger partial charge is 0.258 e. The summed E-state index contributed by atoms with van der Waals surface area (Å²) in [6.07, 6.45) is 1.63. The molecule has 0 spiro atoms. The highest BCUT2D eigenvalue weighted by Gasteiger charge is 2.11. The molecule has 0 atom stereocenters. The van der Waals surface area contributed by atoms with Crippen LogP contribution in [0.3, 0.4) is 0 Å². The number of aromatic nitrogens is 3. The highest BCUT2D eigenvalue weighted by molar-refractivity contribution is 5.61. The van der Waals surface area contributed by atoms with E-state index < -0.39 is 0 Å². The minimum absolute atomic E-state index is 0.430. The van der Waals surface area contributed by atoms with Crippen molar-refractivity contribution in [3.05, 3.63) is 48.2 Å². The van der Waals surface area contributed by atoms with E-state index in [0.29, 0.717) is 17.5 Å². The number of pyridine rings is 1. The Morgan fingerprint density at radius 2 is 1.90 bits per heavy atom. The predicted molar refractivity (Wildman–Crippen MR) is 75.5 cm³/mol. The fourth-order valence-corrected chi connectivity index (χ4v) is 1.80. The molecule has 2 aromatic heterocycles. The van der Waals surface area contributed by atoms with E-state index >= 15 is 0 Å². The molecule has 6 nitrogen and oxygen atoms in total. The van der Waals surface area contributed by atoms with Gasteiger partial charge in [0.15, 0.2) is 0 Å². The van der Waals surface area contributed by atoms with Crippen LogP contribution in [0.5, 0.6) is 0 Å². The third kappa shape index (κ3) is 2.36. The Morgan fingerprint density at radius 1 is 1.10 bits per heavy atom. The SMILES string of the molecule is Cc1ccc(-c2noc(-c3ccnc(NN)c3)n2)cc1. The number of anilines is 1. The van der Waals surface area contributed by atoms with Gasteiger partial charge in [0.05, 0.1) is 0 Å². The third-order valence-electron chi connectivity index (χ3n) is 2.89. The molecule has 3 aromatic rings. The molecular weight excluding hydrogens is 254 g/mol. The van der Waals surface area contributed by atoms with Crippen LogP contribution in [-0.2, 0) is 0 Å². The van der Waals surface area contributed by atoms with Crippen molar-refractivity contribution < 1.29 is 4.52 Å². The molecule has 0 aliphatic rings. The van der Waals surface area contributed by atoms with E-state index in [-0.39, 0.29) is 0 Å². The van der Waals surface area contributed by atoms with E-state index in [4.69, 9.17) is 10.4 Å². The molecule has 0 aliphatic heterocycles. The van der Waals surface area contributed by atoms with Crippen LogP contribution in [0, 0.1) is 6.92 Å². The molecule has 0 saturated heterocycles. The third-order valence-corrected chi connectivity index (χ3v) is 2.89. The summed E-state index contributed by atoms with van der Waals surface area (Å²) in [6.45, 7) is 2.03. The van der Waals surface area contributed by atoms with Crippen LogP contribution in [0.1, 0.15) is 5.56 Å². The monoisotopic (exact) mass is 267 g/mol. The fourth-order valence-electron chi connectivity index (χ4n) is 1.80. The van der Waals surface area contributed by atoms with Gasteiger partial charge in [0.2, 0.25) is 5.82 Å². The Kier molecular flexibility index (Phi) is 3.14. The van der Waals surface area contributed by atoms with E-state index in [1.165, 1.54) is 5.56 Å². The van der Waals surface area contributed by atoms with Gasteiger partial charge in [-0.2, -0.15) is 4.98 Å². The number of nitrogens with one attached hydrogen (secondary N) is 1. The van der Waals surface area contributed by atoms with Crippen LogP contribution in [-0.4, -0.2) is 15.1 Å². The summed E-state index contributed by atoms with van der Waals surface area (Å²) in [6, 6.07) is 11.5. The second kappa shape index (κ2) is 5.10. The number of nitrogen functional groups attached to an aromatic ring is 1. The highest BCUT2D eigenvalue weighted by atomic mass is 16.5. The van der Waals surface area contributed by atoms with Crippen LogP contribution in [0.25, 0.3) is 22.8 Å². The Hall–Kier alpha value is -2.73. The lowest BCUT2D eigenvalue weighted by atomic mass is 10.1. The minimum atomic E-state index is 0.430. The maximum atomic E-state index is 5.33. The molecule has 1 aromatic carbocycles. The molecular formula is C14H13N5O. The molecule has 20 heavy (non-hydrogen) atoms. The molecule has 0 fully saturated rings. The second-order valence-electron chi connectivity index (χ2n) is 4.36. The topological polar surface area (TPSA) is 89.9 Å². The highest BCUT2D eigenvalue weighted by Crippen LogP contribution is 2.23. The standard InChI is InChI=1S/C14H13N5O/c1-9-2-4-10(5-3-9)13-17-14(20-19-13)11-6-7-16-12(8-11)18-15/h2-8H,15H2,1H3,(H,16,18). The van der Waals surface area contributed by atoms with Crippen molar-refractivity contribution in [2.45, 2.75) is 6.92 Å². The number of aryl methyl sites for hydroxylation is 1. The first-order valence-electron chi connectivity index (χ1n) is 6.10. The lowest BCUT2D eigenvalue weighted by Gasteiger charge is -1.99. The normalized spacial score (nSPS) is 10.5. The van der Waals surface area contributed by atoms with Gasteiger partial charge >= 0.3 is 0 Å². The summed E-state index contributed by atoms with van der Waals surface area (Å²) in [7, 11) is 0. The van der Waals surface area contributed by atoms with Crippen LogP contribution in [0.15, 0.2) is 47.1 Å². The average Bonchev–Trinajstić information content (AvgIpc) is 2.98. The Morgan fingerprint density at radius 3 is 2.65 bits per heavy atom. The van der Waals surface area contributed by atoms with E-state index in [0.717, 1.165) is 11.1 Å².